The van der Waals surface area contributed by atoms with E-state index < -0.39 is 0 Å². The number of nitrogens with zero attached hydrogens (tertiary/aromatic N) is 2. The van der Waals surface area contributed by atoms with Crippen LogP contribution in [0.25, 0.3) is 0 Å². The molecule has 0 radical (unpaired) electrons. The lowest BCUT2D eigenvalue weighted by molar-refractivity contribution is 0.516. The molecule has 3 nitrogen and oxygen atoms in total. The molecule has 1 fully saturated rings. The molecule has 16 heavy (non-hydrogen) atoms. The van der Waals surface area contributed by atoms with Gasteiger partial charge in [-0.15, -0.1) is 0 Å². The van der Waals surface area contributed by atoms with Gasteiger partial charge in [0.1, 0.15) is 11.6 Å². The Morgan fingerprint density at radius 3 is 2.75 bits per heavy atom. The van der Waals surface area contributed by atoms with Crippen LogP contribution in [0.2, 0.25) is 0 Å². The fraction of sp³-hybridized carbons (Fsp3) is 0.692. The van der Waals surface area contributed by atoms with Gasteiger partial charge in [-0.1, -0.05) is 20.3 Å². The van der Waals surface area contributed by atoms with Gasteiger partial charge in [0, 0.05) is 17.7 Å². The minimum absolute atomic E-state index is 0.541. The highest BCUT2D eigenvalue weighted by Gasteiger charge is 2.26. The molecule has 1 aliphatic carbocycles. The average Bonchev–Trinajstić information content (AvgIpc) is 2.76. The van der Waals surface area contributed by atoms with Gasteiger partial charge in [0.25, 0.3) is 0 Å². The Morgan fingerprint density at radius 1 is 1.31 bits per heavy atom. The van der Waals surface area contributed by atoms with Crippen molar-refractivity contribution in [2.75, 3.05) is 5.73 Å². The average molecular weight is 219 g/mol. The molecule has 1 aromatic heterocycles. The molecular weight excluding hydrogens is 198 g/mol. The van der Waals surface area contributed by atoms with Gasteiger partial charge in [-0.25, -0.2) is 9.97 Å². The second-order valence-corrected chi connectivity index (χ2v) is 4.78. The standard InChI is InChI=1S/C13H21N3/c1-3-9-5-6-10(7-9)13-15-11(4-2)8-12(14)16-13/h8-10H,3-7H2,1-2H3,(H2,14,15,16). The van der Waals surface area contributed by atoms with Crippen molar-refractivity contribution in [2.24, 2.45) is 5.92 Å². The SMILES string of the molecule is CCc1cc(N)nc(C2CCC(CC)C2)n1. The zero-order valence-corrected chi connectivity index (χ0v) is 10.2. The van der Waals surface area contributed by atoms with Gasteiger partial charge >= 0.3 is 0 Å². The normalized spacial score (nSPS) is 24.9. The van der Waals surface area contributed by atoms with Gasteiger partial charge in [-0.05, 0) is 31.6 Å². The molecule has 0 aliphatic heterocycles. The Hall–Kier alpha value is -1.12. The second-order valence-electron chi connectivity index (χ2n) is 4.78. The number of nitrogens with two attached hydrogens (primary N) is 1. The third-order valence-electron chi connectivity index (χ3n) is 3.66. The predicted octanol–water partition coefficient (Wildman–Crippen LogP) is 2.91. The summed E-state index contributed by atoms with van der Waals surface area (Å²) in [6.45, 7) is 4.37. The predicted molar refractivity (Wildman–Crippen MR) is 66.2 cm³/mol. The fourth-order valence-electron chi connectivity index (χ4n) is 2.58. The topological polar surface area (TPSA) is 51.8 Å². The first-order chi connectivity index (χ1) is 7.72. The van der Waals surface area contributed by atoms with Gasteiger partial charge in [0.05, 0.1) is 0 Å². The van der Waals surface area contributed by atoms with Gasteiger partial charge < -0.3 is 5.73 Å². The zero-order valence-electron chi connectivity index (χ0n) is 10.2. The second kappa shape index (κ2) is 4.81. The van der Waals surface area contributed by atoms with Crippen molar-refractivity contribution >= 4 is 5.82 Å². The maximum atomic E-state index is 5.82. The summed E-state index contributed by atoms with van der Waals surface area (Å²) in [7, 11) is 0. The Morgan fingerprint density at radius 2 is 2.12 bits per heavy atom. The monoisotopic (exact) mass is 219 g/mol. The van der Waals surface area contributed by atoms with Gasteiger partial charge in [0.2, 0.25) is 0 Å². The van der Waals surface area contributed by atoms with Crippen molar-refractivity contribution in [2.45, 2.75) is 51.9 Å². The van der Waals surface area contributed by atoms with E-state index in [0.717, 1.165) is 23.9 Å². The number of hydrogen-bond acceptors (Lipinski definition) is 3. The summed E-state index contributed by atoms with van der Waals surface area (Å²) in [4.78, 5) is 9.01. The number of aryl methyl sites for hydroxylation is 1. The molecule has 0 saturated heterocycles. The lowest BCUT2D eigenvalue weighted by Gasteiger charge is -2.10. The summed E-state index contributed by atoms with van der Waals surface area (Å²) in [6, 6.07) is 1.88. The van der Waals surface area contributed by atoms with Crippen molar-refractivity contribution < 1.29 is 0 Å². The Kier molecular flexibility index (Phi) is 3.42. The highest BCUT2D eigenvalue weighted by Crippen LogP contribution is 2.38. The molecule has 1 aliphatic rings. The van der Waals surface area contributed by atoms with E-state index in [0.29, 0.717) is 11.7 Å². The van der Waals surface area contributed by atoms with Crippen LogP contribution in [-0.2, 0) is 6.42 Å². The molecule has 0 amide bonds. The molecule has 3 heteroatoms. The van der Waals surface area contributed by atoms with Crippen LogP contribution in [0.15, 0.2) is 6.07 Å². The van der Waals surface area contributed by atoms with Crippen LogP contribution in [0.3, 0.4) is 0 Å². The van der Waals surface area contributed by atoms with E-state index in [4.69, 9.17) is 5.73 Å². The third kappa shape index (κ3) is 2.34. The first-order valence-electron chi connectivity index (χ1n) is 6.36. The minimum Gasteiger partial charge on any atom is -0.384 e. The summed E-state index contributed by atoms with van der Waals surface area (Å²) in [5.74, 6) is 3.01. The van der Waals surface area contributed by atoms with Crippen LogP contribution in [0.5, 0.6) is 0 Å². The number of nitrogen functional groups attached to an aromatic ring is 1. The Balaban J connectivity index is 2.17. The largest absolute Gasteiger partial charge is 0.384 e. The molecule has 0 bridgehead atoms. The summed E-state index contributed by atoms with van der Waals surface area (Å²) in [6.07, 6.45) is 6.00. The lowest BCUT2D eigenvalue weighted by Crippen LogP contribution is -2.06. The van der Waals surface area contributed by atoms with E-state index >= 15 is 0 Å². The van der Waals surface area contributed by atoms with Crippen molar-refractivity contribution in [1.29, 1.82) is 0 Å². The van der Waals surface area contributed by atoms with E-state index in [-0.39, 0.29) is 0 Å². The molecule has 1 heterocycles. The van der Waals surface area contributed by atoms with Crippen molar-refractivity contribution in [3.8, 4) is 0 Å². The Bertz CT molecular complexity index is 362. The van der Waals surface area contributed by atoms with Crippen LogP contribution in [0.1, 0.15) is 57.0 Å². The molecule has 1 aromatic rings. The summed E-state index contributed by atoms with van der Waals surface area (Å²) >= 11 is 0. The van der Waals surface area contributed by atoms with E-state index in [1.54, 1.807) is 0 Å². The van der Waals surface area contributed by atoms with E-state index in [1.807, 2.05) is 6.07 Å². The van der Waals surface area contributed by atoms with Crippen LogP contribution >= 0.6 is 0 Å². The smallest absolute Gasteiger partial charge is 0.134 e. The molecular formula is C13H21N3. The first-order valence-corrected chi connectivity index (χ1v) is 6.36. The number of aromatic nitrogens is 2. The summed E-state index contributed by atoms with van der Waals surface area (Å²) < 4.78 is 0. The fourth-order valence-corrected chi connectivity index (χ4v) is 2.58. The maximum Gasteiger partial charge on any atom is 0.134 e. The molecule has 0 spiro atoms. The van der Waals surface area contributed by atoms with Crippen LogP contribution < -0.4 is 5.73 Å². The minimum atomic E-state index is 0.541. The maximum absolute atomic E-state index is 5.82. The number of anilines is 1. The van der Waals surface area contributed by atoms with Crippen LogP contribution in [0.4, 0.5) is 5.82 Å². The molecule has 88 valence electrons. The zero-order chi connectivity index (χ0) is 11.5. The first kappa shape index (κ1) is 11.4. The van der Waals surface area contributed by atoms with Crippen molar-refractivity contribution in [1.82, 2.24) is 9.97 Å². The molecule has 2 N–H and O–H groups in total. The molecule has 1 saturated carbocycles. The van der Waals surface area contributed by atoms with E-state index in [2.05, 4.69) is 23.8 Å². The van der Waals surface area contributed by atoms with Gasteiger partial charge in [-0.3, -0.25) is 0 Å². The van der Waals surface area contributed by atoms with Gasteiger partial charge in [0.15, 0.2) is 0 Å². The number of rotatable bonds is 3. The summed E-state index contributed by atoms with van der Waals surface area (Å²) in [5, 5.41) is 0. The third-order valence-corrected chi connectivity index (χ3v) is 3.66. The molecule has 2 atom stereocenters. The van der Waals surface area contributed by atoms with Crippen LogP contribution in [0, 0.1) is 5.92 Å². The van der Waals surface area contributed by atoms with E-state index in [9.17, 15) is 0 Å². The Labute approximate surface area is 97.5 Å². The lowest BCUT2D eigenvalue weighted by atomic mass is 10.0. The molecule has 0 aromatic carbocycles. The molecule has 2 unspecified atom stereocenters. The number of hydrogen-bond donors (Lipinski definition) is 1. The van der Waals surface area contributed by atoms with Crippen LogP contribution in [-0.4, -0.2) is 9.97 Å². The van der Waals surface area contributed by atoms with Crippen molar-refractivity contribution in [3.63, 3.8) is 0 Å². The van der Waals surface area contributed by atoms with E-state index in [1.165, 1.54) is 25.7 Å². The highest BCUT2D eigenvalue weighted by atomic mass is 15.0. The van der Waals surface area contributed by atoms with Crippen molar-refractivity contribution in [3.05, 3.63) is 17.6 Å². The molecule has 2 rings (SSSR count). The highest BCUT2D eigenvalue weighted by molar-refractivity contribution is 5.30. The quantitative estimate of drug-likeness (QED) is 0.850. The van der Waals surface area contributed by atoms with Gasteiger partial charge in [-0.2, -0.15) is 0 Å². The summed E-state index contributed by atoms with van der Waals surface area (Å²) in [5.41, 5.74) is 6.89.